The average molecular weight is 458 g/mol. The Hall–Kier alpha value is -2.97. The molecule has 0 aliphatic carbocycles. The van der Waals surface area contributed by atoms with E-state index in [1.165, 1.54) is 31.0 Å². The molecule has 0 saturated carbocycles. The molecule has 160 valence electrons. The molecule has 0 saturated heterocycles. The Labute approximate surface area is 188 Å². The molecule has 0 radical (unpaired) electrons. The number of methoxy groups -OCH3 is 1. The zero-order valence-electron chi connectivity index (χ0n) is 16.9. The number of phenols is 1. The van der Waals surface area contributed by atoms with Crippen molar-refractivity contribution in [3.63, 3.8) is 0 Å². The van der Waals surface area contributed by atoms with Gasteiger partial charge in [0.25, 0.3) is 5.56 Å². The second-order valence-electron chi connectivity index (χ2n) is 7.17. The number of ether oxygens (including phenoxy) is 1. The first-order valence-corrected chi connectivity index (χ1v) is 10.9. The molecule has 2 aromatic carbocycles. The van der Waals surface area contributed by atoms with Crippen molar-refractivity contribution in [1.29, 1.82) is 0 Å². The van der Waals surface area contributed by atoms with Crippen LogP contribution in [0.25, 0.3) is 0 Å². The summed E-state index contributed by atoms with van der Waals surface area (Å²) in [4.78, 5) is 29.9. The number of amides is 1. The molecule has 2 heterocycles. The van der Waals surface area contributed by atoms with E-state index in [0.717, 1.165) is 5.56 Å². The summed E-state index contributed by atoms with van der Waals surface area (Å²) in [5.74, 6) is 0.743. The minimum absolute atomic E-state index is 0.0426. The van der Waals surface area contributed by atoms with Crippen molar-refractivity contribution in [2.75, 3.05) is 12.4 Å². The highest BCUT2D eigenvalue weighted by Crippen LogP contribution is 2.40. The zero-order valence-corrected chi connectivity index (χ0v) is 18.5. The van der Waals surface area contributed by atoms with E-state index in [1.54, 1.807) is 17.7 Å². The number of hydrogen-bond donors (Lipinski definition) is 2. The van der Waals surface area contributed by atoms with Gasteiger partial charge in [0.15, 0.2) is 5.16 Å². The fourth-order valence-electron chi connectivity index (χ4n) is 3.65. The van der Waals surface area contributed by atoms with E-state index in [9.17, 15) is 14.7 Å². The number of halogens is 1. The number of thioether (sulfide) groups is 1. The molecule has 0 unspecified atom stereocenters. The number of anilines is 1. The fourth-order valence-corrected chi connectivity index (χ4v) is 4.69. The number of nitrogens with one attached hydrogen (secondary N) is 1. The fraction of sp³-hybridized carbons (Fsp3) is 0.227. The molecule has 7 nitrogen and oxygen atoms in total. The summed E-state index contributed by atoms with van der Waals surface area (Å²) >= 11 is 7.34. The van der Waals surface area contributed by atoms with Crippen LogP contribution in [0.15, 0.2) is 52.4 Å². The predicted molar refractivity (Wildman–Crippen MR) is 120 cm³/mol. The van der Waals surface area contributed by atoms with Gasteiger partial charge in [-0.3, -0.25) is 9.59 Å². The lowest BCUT2D eigenvalue weighted by atomic mass is 9.86. The smallest absolute Gasteiger partial charge is 0.279 e. The lowest BCUT2D eigenvalue weighted by Gasteiger charge is -2.28. The number of aromatic nitrogens is 2. The minimum Gasteiger partial charge on any atom is -0.508 e. The summed E-state index contributed by atoms with van der Waals surface area (Å²) in [7, 11) is 3.25. The Morgan fingerprint density at radius 3 is 2.71 bits per heavy atom. The summed E-state index contributed by atoms with van der Waals surface area (Å²) in [5.41, 5.74) is 1.70. The van der Waals surface area contributed by atoms with Crippen molar-refractivity contribution in [1.82, 2.24) is 9.55 Å². The molecule has 0 bridgehead atoms. The molecular formula is C22H20ClN3O4S. The number of rotatable bonds is 5. The van der Waals surface area contributed by atoms with Crippen molar-refractivity contribution in [3.8, 4) is 11.5 Å². The van der Waals surface area contributed by atoms with Crippen LogP contribution in [0.2, 0.25) is 5.02 Å². The van der Waals surface area contributed by atoms with Gasteiger partial charge in [0, 0.05) is 41.8 Å². The molecule has 1 amide bonds. The number of carbonyl (C=O) groups is 1. The maximum Gasteiger partial charge on any atom is 0.279 e. The number of hydrogen-bond acceptors (Lipinski definition) is 6. The molecular weight excluding hydrogens is 438 g/mol. The van der Waals surface area contributed by atoms with Crippen LogP contribution in [-0.2, 0) is 17.6 Å². The van der Waals surface area contributed by atoms with Crippen molar-refractivity contribution >= 4 is 35.1 Å². The number of nitrogens with zero attached hydrogens (tertiary/aromatic N) is 2. The Morgan fingerprint density at radius 2 is 2.00 bits per heavy atom. The summed E-state index contributed by atoms with van der Waals surface area (Å²) in [6.07, 6.45) is 0.0856. The van der Waals surface area contributed by atoms with Crippen molar-refractivity contribution in [3.05, 3.63) is 74.5 Å². The van der Waals surface area contributed by atoms with Crippen LogP contribution >= 0.6 is 23.4 Å². The molecule has 1 aliphatic rings. The number of aromatic hydroxyl groups is 1. The number of carbonyl (C=O) groups excluding carboxylic acids is 1. The second-order valence-corrected chi connectivity index (χ2v) is 8.55. The third-order valence-corrected chi connectivity index (χ3v) is 6.53. The largest absolute Gasteiger partial charge is 0.508 e. The van der Waals surface area contributed by atoms with Crippen LogP contribution in [0, 0.1) is 0 Å². The molecule has 9 heteroatoms. The standard InChI is InChI=1S/C22H20ClN3O4S/c1-26-20-19(21(29)25-22(26)31-11-12-3-5-13(23)6-4-12)16(10-18(28)24-20)15-8-7-14(27)9-17(15)30-2/h3-9,16,27H,10-11H2,1-2H3,(H,24,28)/t16-/m0/s1. The molecule has 0 spiro atoms. The topological polar surface area (TPSA) is 93.4 Å². The average Bonchev–Trinajstić information content (AvgIpc) is 2.75. The van der Waals surface area contributed by atoms with E-state index in [-0.39, 0.29) is 18.1 Å². The highest BCUT2D eigenvalue weighted by atomic mass is 35.5. The SMILES string of the molecule is COc1cc(O)ccc1[C@@H]1CC(=O)Nc2c1c(=O)nc(SCc1ccc(Cl)cc1)n2C. The van der Waals surface area contributed by atoms with Crippen LogP contribution in [0.5, 0.6) is 11.5 Å². The lowest BCUT2D eigenvalue weighted by Crippen LogP contribution is -2.33. The summed E-state index contributed by atoms with van der Waals surface area (Å²) in [5, 5.41) is 13.8. The molecule has 2 N–H and O–H groups in total. The highest BCUT2D eigenvalue weighted by Gasteiger charge is 2.33. The van der Waals surface area contributed by atoms with Crippen molar-refractivity contribution < 1.29 is 14.6 Å². The molecule has 4 rings (SSSR count). The van der Waals surface area contributed by atoms with E-state index in [4.69, 9.17) is 16.3 Å². The zero-order chi connectivity index (χ0) is 22.1. The quantitative estimate of drug-likeness (QED) is 0.445. The molecule has 1 aromatic heterocycles. The first-order valence-electron chi connectivity index (χ1n) is 9.52. The van der Waals surface area contributed by atoms with Crippen LogP contribution in [-0.4, -0.2) is 27.7 Å². The minimum atomic E-state index is -0.527. The third-order valence-electron chi connectivity index (χ3n) is 5.17. The Morgan fingerprint density at radius 1 is 1.26 bits per heavy atom. The van der Waals surface area contributed by atoms with Gasteiger partial charge in [-0.15, -0.1) is 0 Å². The summed E-state index contributed by atoms with van der Waals surface area (Å²) in [6, 6.07) is 12.1. The molecule has 31 heavy (non-hydrogen) atoms. The summed E-state index contributed by atoms with van der Waals surface area (Å²) in [6.45, 7) is 0. The Bertz CT molecular complexity index is 1210. The van der Waals surface area contributed by atoms with Crippen LogP contribution < -0.4 is 15.6 Å². The first-order chi connectivity index (χ1) is 14.9. The van der Waals surface area contributed by atoms with Gasteiger partial charge in [-0.25, -0.2) is 0 Å². The van der Waals surface area contributed by atoms with E-state index < -0.39 is 11.5 Å². The van der Waals surface area contributed by atoms with Crippen LogP contribution in [0.4, 0.5) is 5.82 Å². The molecule has 3 aromatic rings. The van der Waals surface area contributed by atoms with Gasteiger partial charge in [-0.1, -0.05) is 41.6 Å². The van der Waals surface area contributed by atoms with Crippen LogP contribution in [0.3, 0.4) is 0 Å². The van der Waals surface area contributed by atoms with E-state index in [0.29, 0.717) is 38.6 Å². The Kier molecular flexibility index (Phi) is 5.93. The number of fused-ring (bicyclic) bond motifs is 1. The van der Waals surface area contributed by atoms with Gasteiger partial charge in [-0.2, -0.15) is 4.98 Å². The molecule has 0 fully saturated rings. The number of benzene rings is 2. The second kappa shape index (κ2) is 8.64. The third kappa shape index (κ3) is 4.26. The summed E-state index contributed by atoms with van der Waals surface area (Å²) < 4.78 is 7.12. The van der Waals surface area contributed by atoms with Gasteiger partial charge < -0.3 is 19.7 Å². The maximum absolute atomic E-state index is 13.1. The van der Waals surface area contributed by atoms with Gasteiger partial charge >= 0.3 is 0 Å². The van der Waals surface area contributed by atoms with Crippen molar-refractivity contribution in [2.45, 2.75) is 23.2 Å². The monoisotopic (exact) mass is 457 g/mol. The first kappa shape index (κ1) is 21.3. The Balaban J connectivity index is 1.74. The van der Waals surface area contributed by atoms with E-state index in [1.807, 2.05) is 24.3 Å². The van der Waals surface area contributed by atoms with Gasteiger partial charge in [-0.05, 0) is 23.8 Å². The maximum atomic E-state index is 13.1. The lowest BCUT2D eigenvalue weighted by molar-refractivity contribution is -0.116. The number of phenolic OH excluding ortho intramolecular Hbond substituents is 1. The van der Waals surface area contributed by atoms with Gasteiger partial charge in [0.1, 0.15) is 17.3 Å². The highest BCUT2D eigenvalue weighted by molar-refractivity contribution is 7.98. The van der Waals surface area contributed by atoms with Gasteiger partial charge in [0.05, 0.1) is 12.7 Å². The van der Waals surface area contributed by atoms with E-state index in [2.05, 4.69) is 10.3 Å². The predicted octanol–water partition coefficient (Wildman–Crippen LogP) is 3.91. The van der Waals surface area contributed by atoms with Crippen LogP contribution in [0.1, 0.15) is 29.0 Å². The molecule has 1 aliphatic heterocycles. The van der Waals surface area contributed by atoms with Crippen molar-refractivity contribution in [2.24, 2.45) is 7.05 Å². The molecule has 1 atom stereocenters. The van der Waals surface area contributed by atoms with E-state index >= 15 is 0 Å². The normalized spacial score (nSPS) is 15.3. The van der Waals surface area contributed by atoms with Gasteiger partial charge in [0.2, 0.25) is 5.91 Å².